The van der Waals surface area contributed by atoms with Gasteiger partial charge in [0.2, 0.25) is 0 Å². The van der Waals surface area contributed by atoms with Crippen LogP contribution in [0, 0.1) is 0 Å². The van der Waals surface area contributed by atoms with Crippen LogP contribution in [-0.4, -0.2) is 56.7 Å². The molecule has 4 heterocycles. The van der Waals surface area contributed by atoms with E-state index in [9.17, 15) is 5.11 Å². The van der Waals surface area contributed by atoms with Crippen LogP contribution < -0.4 is 10.2 Å². The minimum Gasteiger partial charge on any atom is -0.390 e. The number of nitrogens with one attached hydrogen (secondary N) is 1. The van der Waals surface area contributed by atoms with Gasteiger partial charge in [-0.1, -0.05) is 24.3 Å². The number of rotatable bonds is 4. The van der Waals surface area contributed by atoms with E-state index in [4.69, 9.17) is 0 Å². The predicted molar refractivity (Wildman–Crippen MR) is 115 cm³/mol. The van der Waals surface area contributed by atoms with E-state index < -0.39 is 6.10 Å². The second-order valence-electron chi connectivity index (χ2n) is 7.58. The monoisotopic (exact) mass is 408 g/mol. The van der Waals surface area contributed by atoms with E-state index in [0.29, 0.717) is 12.4 Å². The van der Waals surface area contributed by atoms with Gasteiger partial charge in [0.1, 0.15) is 18.0 Å². The number of benzene rings is 1. The highest BCUT2D eigenvalue weighted by Crippen LogP contribution is 2.27. The molecule has 2 unspecified atom stereocenters. The van der Waals surface area contributed by atoms with Gasteiger partial charge in [-0.2, -0.15) is 0 Å². The Labute approximate surface area is 174 Å². The zero-order valence-electron chi connectivity index (χ0n) is 16.1. The normalized spacial score (nSPS) is 22.3. The van der Waals surface area contributed by atoms with Crippen molar-refractivity contribution in [2.75, 3.05) is 29.9 Å². The van der Waals surface area contributed by atoms with Crippen LogP contribution in [-0.2, 0) is 13.0 Å². The molecule has 0 bridgehead atoms. The van der Waals surface area contributed by atoms with Gasteiger partial charge < -0.3 is 15.3 Å². The van der Waals surface area contributed by atoms with Crippen LogP contribution in [0.2, 0.25) is 0 Å². The molecular formula is C21H24N6OS. The van der Waals surface area contributed by atoms with E-state index in [1.807, 2.05) is 11.4 Å². The highest BCUT2D eigenvalue weighted by atomic mass is 32.1. The van der Waals surface area contributed by atoms with E-state index in [0.717, 1.165) is 43.4 Å². The largest absolute Gasteiger partial charge is 0.390 e. The molecule has 2 atom stereocenters. The smallest absolute Gasteiger partial charge is 0.188 e. The van der Waals surface area contributed by atoms with Gasteiger partial charge in [-0.3, -0.25) is 4.90 Å². The van der Waals surface area contributed by atoms with Crippen molar-refractivity contribution in [3.63, 3.8) is 0 Å². The van der Waals surface area contributed by atoms with Crippen molar-refractivity contribution in [2.45, 2.75) is 31.5 Å². The summed E-state index contributed by atoms with van der Waals surface area (Å²) in [6.45, 7) is 3.38. The maximum Gasteiger partial charge on any atom is 0.188 e. The molecule has 8 heteroatoms. The molecule has 0 aliphatic carbocycles. The molecule has 1 aromatic carbocycles. The zero-order valence-corrected chi connectivity index (χ0v) is 16.9. The number of aliphatic hydroxyl groups is 1. The number of nitrogens with zero attached hydrogens (tertiary/aromatic N) is 5. The van der Waals surface area contributed by atoms with Crippen LogP contribution >= 0.6 is 11.3 Å². The van der Waals surface area contributed by atoms with Gasteiger partial charge >= 0.3 is 0 Å². The van der Waals surface area contributed by atoms with Gasteiger partial charge in [-0.25, -0.2) is 15.0 Å². The van der Waals surface area contributed by atoms with Crippen molar-refractivity contribution in [3.8, 4) is 0 Å². The summed E-state index contributed by atoms with van der Waals surface area (Å²) in [6, 6.07) is 10.8. The molecule has 0 saturated carbocycles. The molecule has 2 aliphatic heterocycles. The summed E-state index contributed by atoms with van der Waals surface area (Å²) in [4.78, 5) is 17.5. The van der Waals surface area contributed by atoms with Gasteiger partial charge in [0, 0.05) is 49.9 Å². The number of hydrogen-bond acceptors (Lipinski definition) is 8. The minimum absolute atomic E-state index is 0.189. The van der Waals surface area contributed by atoms with Gasteiger partial charge in [-0.05, 0) is 24.0 Å². The summed E-state index contributed by atoms with van der Waals surface area (Å²) in [5.41, 5.74) is 2.83. The summed E-state index contributed by atoms with van der Waals surface area (Å²) >= 11 is 1.53. The summed E-state index contributed by atoms with van der Waals surface area (Å²) in [5.74, 6) is 1.55. The van der Waals surface area contributed by atoms with E-state index in [2.05, 4.69) is 54.3 Å². The number of aliphatic hydroxyl groups excluding tert-OH is 1. The Bertz CT molecular complexity index is 965. The van der Waals surface area contributed by atoms with Crippen molar-refractivity contribution < 1.29 is 5.11 Å². The predicted octanol–water partition coefficient (Wildman–Crippen LogP) is 2.67. The molecule has 7 nitrogen and oxygen atoms in total. The lowest BCUT2D eigenvalue weighted by Gasteiger charge is -2.43. The molecule has 0 spiro atoms. The average molecular weight is 409 g/mol. The second-order valence-corrected chi connectivity index (χ2v) is 8.48. The van der Waals surface area contributed by atoms with E-state index >= 15 is 0 Å². The first kappa shape index (κ1) is 18.5. The quantitative estimate of drug-likeness (QED) is 0.687. The number of fused-ring (bicyclic) bond motifs is 1. The van der Waals surface area contributed by atoms with E-state index in [-0.39, 0.29) is 6.04 Å². The number of aromatic nitrogens is 3. The maximum atomic E-state index is 10.9. The lowest BCUT2D eigenvalue weighted by atomic mass is 9.94. The lowest BCUT2D eigenvalue weighted by molar-refractivity contribution is 0.0293. The minimum atomic E-state index is -0.403. The molecule has 2 aromatic heterocycles. The van der Waals surface area contributed by atoms with Gasteiger partial charge in [0.05, 0.1) is 6.10 Å². The first-order valence-electron chi connectivity index (χ1n) is 9.99. The average Bonchev–Trinajstić information content (AvgIpc) is 3.26. The summed E-state index contributed by atoms with van der Waals surface area (Å²) in [5, 5.41) is 16.9. The Morgan fingerprint density at radius 2 is 2.00 bits per heavy atom. The Kier molecular flexibility index (Phi) is 5.13. The number of anilines is 3. The lowest BCUT2D eigenvalue weighted by Crippen LogP contribution is -2.55. The summed E-state index contributed by atoms with van der Waals surface area (Å²) < 4.78 is 0. The van der Waals surface area contributed by atoms with Crippen molar-refractivity contribution in [1.29, 1.82) is 0 Å². The Morgan fingerprint density at radius 1 is 1.10 bits per heavy atom. The fourth-order valence-electron chi connectivity index (χ4n) is 4.34. The molecule has 0 radical (unpaired) electrons. The topological polar surface area (TPSA) is 77.4 Å². The molecule has 0 amide bonds. The number of thiazole rings is 1. The first-order valence-corrected chi connectivity index (χ1v) is 10.9. The van der Waals surface area contributed by atoms with Crippen LogP contribution in [0.15, 0.2) is 48.2 Å². The van der Waals surface area contributed by atoms with Crippen LogP contribution in [0.5, 0.6) is 0 Å². The first-order chi connectivity index (χ1) is 14.3. The third-order valence-electron chi connectivity index (χ3n) is 5.82. The Morgan fingerprint density at radius 3 is 2.83 bits per heavy atom. The molecule has 5 rings (SSSR count). The molecule has 29 heavy (non-hydrogen) atoms. The van der Waals surface area contributed by atoms with E-state index in [1.165, 1.54) is 22.5 Å². The number of piperidine rings is 1. The highest BCUT2D eigenvalue weighted by molar-refractivity contribution is 7.13. The molecule has 150 valence electrons. The van der Waals surface area contributed by atoms with Gasteiger partial charge in [0.25, 0.3) is 0 Å². The van der Waals surface area contributed by atoms with Crippen LogP contribution in [0.4, 0.5) is 16.8 Å². The molecule has 3 aromatic rings. The zero-order chi connectivity index (χ0) is 19.6. The number of hydrogen-bond donors (Lipinski definition) is 2. The molecule has 1 saturated heterocycles. The standard InChI is InChI=1S/C21H24N6OS/c28-18-13-27(20-11-19(23-14-24-20)25-21-22-7-10-29-21)9-6-17(18)26-8-5-15-3-1-2-4-16(15)12-26/h1-4,7,10-11,14,17-18,28H,5-6,8-9,12-13H2,(H,22,23,24,25). The van der Waals surface area contributed by atoms with Crippen LogP contribution in [0.1, 0.15) is 17.5 Å². The fourth-order valence-corrected chi connectivity index (χ4v) is 4.87. The molecule has 2 N–H and O–H groups in total. The van der Waals surface area contributed by atoms with Crippen LogP contribution in [0.25, 0.3) is 0 Å². The maximum absolute atomic E-state index is 10.9. The Hall–Kier alpha value is -2.55. The third kappa shape index (κ3) is 3.96. The Balaban J connectivity index is 1.25. The van der Waals surface area contributed by atoms with E-state index in [1.54, 1.807) is 12.5 Å². The van der Waals surface area contributed by atoms with Crippen molar-refractivity contribution in [3.05, 3.63) is 59.4 Å². The van der Waals surface area contributed by atoms with Crippen molar-refractivity contribution in [2.24, 2.45) is 0 Å². The van der Waals surface area contributed by atoms with Gasteiger partial charge in [0.15, 0.2) is 5.13 Å². The third-order valence-corrected chi connectivity index (χ3v) is 6.51. The van der Waals surface area contributed by atoms with Crippen molar-refractivity contribution >= 4 is 28.1 Å². The molecular weight excluding hydrogens is 384 g/mol. The summed E-state index contributed by atoms with van der Waals surface area (Å²) in [7, 11) is 0. The fraction of sp³-hybridized carbons (Fsp3) is 0.381. The highest BCUT2D eigenvalue weighted by Gasteiger charge is 2.34. The SMILES string of the molecule is OC1CN(c2cc(Nc3nccs3)ncn2)CCC1N1CCc2ccccc2C1. The van der Waals surface area contributed by atoms with Crippen molar-refractivity contribution in [1.82, 2.24) is 19.9 Å². The molecule has 2 aliphatic rings. The van der Waals surface area contributed by atoms with Gasteiger partial charge in [-0.15, -0.1) is 11.3 Å². The summed E-state index contributed by atoms with van der Waals surface area (Å²) in [6.07, 6.45) is 4.89. The molecule has 1 fully saturated rings. The second kappa shape index (κ2) is 8.06. The number of β-amino-alcohol motifs (C(OH)–C–C–N with tert-alkyl or cyclic N) is 1. The van der Waals surface area contributed by atoms with Crippen LogP contribution in [0.3, 0.4) is 0 Å².